The molecule has 3 aliphatic rings. The van der Waals surface area contributed by atoms with Gasteiger partial charge in [0.15, 0.2) is 0 Å². The van der Waals surface area contributed by atoms with Gasteiger partial charge in [0.1, 0.15) is 5.75 Å². The Hall–Kier alpha value is -2.08. The van der Waals surface area contributed by atoms with Crippen molar-refractivity contribution in [3.63, 3.8) is 0 Å². The van der Waals surface area contributed by atoms with Gasteiger partial charge in [-0.15, -0.1) is 0 Å². The Kier molecular flexibility index (Phi) is 3.53. The summed E-state index contributed by atoms with van der Waals surface area (Å²) in [6.07, 6.45) is 1.33. The van der Waals surface area contributed by atoms with Gasteiger partial charge in [0.25, 0.3) is 11.8 Å². The minimum absolute atomic E-state index is 0.157. The molecule has 0 spiro atoms. The summed E-state index contributed by atoms with van der Waals surface area (Å²) < 4.78 is 5.65. The molecule has 4 rings (SSSR count). The zero-order chi connectivity index (χ0) is 17.0. The number of aliphatic hydroxyl groups excluding tert-OH is 1. The predicted molar refractivity (Wildman–Crippen MR) is 87.2 cm³/mol. The maximum absolute atomic E-state index is 12.6. The minimum atomic E-state index is -0.249. The highest BCUT2D eigenvalue weighted by atomic mass is 16.5. The van der Waals surface area contributed by atoms with Crippen LogP contribution >= 0.6 is 0 Å². The Morgan fingerprint density at radius 1 is 1.21 bits per heavy atom. The highest BCUT2D eigenvalue weighted by molar-refractivity contribution is 6.02. The Balaban J connectivity index is 1.58. The molecule has 1 aromatic rings. The molecule has 3 N–H and O–H groups in total. The molecule has 128 valence electrons. The number of rotatable bonds is 3. The van der Waals surface area contributed by atoms with E-state index in [0.717, 1.165) is 18.4 Å². The van der Waals surface area contributed by atoms with Crippen molar-refractivity contribution in [2.45, 2.75) is 37.8 Å². The van der Waals surface area contributed by atoms with Gasteiger partial charge in [-0.2, -0.15) is 0 Å². The first-order chi connectivity index (χ1) is 11.5. The molecule has 2 aliphatic carbocycles. The van der Waals surface area contributed by atoms with Crippen LogP contribution in [0.3, 0.4) is 0 Å². The lowest BCUT2D eigenvalue weighted by Gasteiger charge is -2.13. The number of aliphatic hydroxyl groups is 1. The van der Waals surface area contributed by atoms with Gasteiger partial charge in [0, 0.05) is 30.1 Å². The Bertz CT molecular complexity index is 705. The van der Waals surface area contributed by atoms with E-state index in [1.807, 2.05) is 13.0 Å². The molecule has 2 saturated carbocycles. The molecule has 1 aromatic carbocycles. The van der Waals surface area contributed by atoms with Crippen LogP contribution in [-0.4, -0.2) is 42.7 Å². The molecule has 1 aliphatic heterocycles. The second-order valence-corrected chi connectivity index (χ2v) is 7.19. The van der Waals surface area contributed by atoms with Gasteiger partial charge in [0.2, 0.25) is 0 Å². The first-order valence-corrected chi connectivity index (χ1v) is 8.51. The van der Waals surface area contributed by atoms with Crippen molar-refractivity contribution < 1.29 is 19.4 Å². The van der Waals surface area contributed by atoms with Crippen LogP contribution in [0.5, 0.6) is 5.75 Å². The summed E-state index contributed by atoms with van der Waals surface area (Å²) >= 11 is 0. The Morgan fingerprint density at radius 2 is 1.92 bits per heavy atom. The molecule has 0 saturated heterocycles. The van der Waals surface area contributed by atoms with Gasteiger partial charge in [-0.3, -0.25) is 9.59 Å². The van der Waals surface area contributed by atoms with E-state index in [1.54, 1.807) is 13.1 Å². The molecule has 5 atom stereocenters. The van der Waals surface area contributed by atoms with E-state index < -0.39 is 0 Å². The summed E-state index contributed by atoms with van der Waals surface area (Å²) in [6, 6.07) is 3.60. The van der Waals surface area contributed by atoms with Gasteiger partial charge in [-0.25, -0.2) is 0 Å². The van der Waals surface area contributed by atoms with Crippen molar-refractivity contribution in [3.8, 4) is 5.75 Å². The predicted octanol–water partition coefficient (Wildman–Crippen LogP) is 1.04. The number of benzene rings is 1. The second-order valence-electron chi connectivity index (χ2n) is 7.19. The quantitative estimate of drug-likeness (QED) is 0.773. The molecule has 6 heteroatoms. The summed E-state index contributed by atoms with van der Waals surface area (Å²) in [5.41, 5.74) is 1.82. The van der Waals surface area contributed by atoms with Crippen LogP contribution in [0, 0.1) is 11.8 Å². The van der Waals surface area contributed by atoms with Crippen LogP contribution < -0.4 is 15.4 Å². The lowest BCUT2D eigenvalue weighted by atomic mass is 9.96. The number of fused-ring (bicyclic) bond motifs is 2. The molecule has 0 bridgehead atoms. The van der Waals surface area contributed by atoms with Crippen molar-refractivity contribution >= 4 is 11.8 Å². The summed E-state index contributed by atoms with van der Waals surface area (Å²) in [6.45, 7) is 2.54. The number of carbonyl (C=O) groups is 2. The van der Waals surface area contributed by atoms with Crippen molar-refractivity contribution in [2.24, 2.45) is 11.8 Å². The average Bonchev–Trinajstić information content (AvgIpc) is 2.90. The van der Waals surface area contributed by atoms with Gasteiger partial charge in [0.05, 0.1) is 18.3 Å². The van der Waals surface area contributed by atoms with Crippen molar-refractivity contribution in [1.29, 1.82) is 0 Å². The highest BCUT2D eigenvalue weighted by Gasteiger charge is 2.56. The fourth-order valence-corrected chi connectivity index (χ4v) is 4.17. The van der Waals surface area contributed by atoms with E-state index in [0.29, 0.717) is 35.3 Å². The molecule has 2 amide bonds. The maximum Gasteiger partial charge on any atom is 0.254 e. The van der Waals surface area contributed by atoms with Crippen LogP contribution in [-0.2, 0) is 0 Å². The first kappa shape index (κ1) is 15.4. The van der Waals surface area contributed by atoms with Gasteiger partial charge in [-0.05, 0) is 36.8 Å². The van der Waals surface area contributed by atoms with Crippen molar-refractivity contribution in [3.05, 3.63) is 28.8 Å². The summed E-state index contributed by atoms with van der Waals surface area (Å²) in [5, 5.41) is 15.3. The average molecular weight is 330 g/mol. The third-order valence-electron chi connectivity index (χ3n) is 5.58. The molecule has 24 heavy (non-hydrogen) atoms. The molecule has 0 aromatic heterocycles. The topological polar surface area (TPSA) is 87.7 Å². The van der Waals surface area contributed by atoms with E-state index in [-0.39, 0.29) is 29.9 Å². The maximum atomic E-state index is 12.6. The van der Waals surface area contributed by atoms with Crippen LogP contribution in [0.2, 0.25) is 0 Å². The number of nitrogens with one attached hydrogen (secondary N) is 2. The summed E-state index contributed by atoms with van der Waals surface area (Å²) in [5.74, 6) is 1.15. The number of hydrogen-bond donors (Lipinski definition) is 3. The lowest BCUT2D eigenvalue weighted by molar-refractivity contribution is 0.0937. The highest BCUT2D eigenvalue weighted by Crippen LogP contribution is 2.52. The van der Waals surface area contributed by atoms with E-state index in [4.69, 9.17) is 4.74 Å². The van der Waals surface area contributed by atoms with E-state index >= 15 is 0 Å². The number of ether oxygens (including phenoxy) is 1. The number of amides is 2. The largest absolute Gasteiger partial charge is 0.492 e. The smallest absolute Gasteiger partial charge is 0.254 e. The zero-order valence-corrected chi connectivity index (χ0v) is 13.8. The molecule has 0 radical (unpaired) electrons. The third kappa shape index (κ3) is 2.36. The van der Waals surface area contributed by atoms with Crippen LogP contribution in [0.4, 0.5) is 0 Å². The minimum Gasteiger partial charge on any atom is -0.492 e. The lowest BCUT2D eigenvalue weighted by Crippen LogP contribution is -2.30. The normalized spacial score (nSPS) is 32.5. The standard InChI is InChI=1S/C18H22N2O4/c1-8-7-24-16-11(8)3-9(4-14(16)18(23)19-2)17(22)20-15-12-5-10(21)6-13(12)15/h3-4,8,10,12-13,15,21H,5-7H2,1-2H3,(H,19,23)(H,20,22)/t8?,10?,12-,13+,15?. The van der Waals surface area contributed by atoms with Crippen molar-refractivity contribution in [1.82, 2.24) is 10.6 Å². The monoisotopic (exact) mass is 330 g/mol. The molecular weight excluding hydrogens is 308 g/mol. The van der Waals surface area contributed by atoms with E-state index in [1.165, 1.54) is 0 Å². The molecule has 6 nitrogen and oxygen atoms in total. The SMILES string of the molecule is CNC(=O)c1cc(C(=O)NC2[C@H]3CC(O)C[C@@H]23)cc2c1OCC2C. The number of carbonyl (C=O) groups excluding carboxylic acids is 2. The van der Waals surface area contributed by atoms with E-state index in [2.05, 4.69) is 10.6 Å². The molecular formula is C18H22N2O4. The van der Waals surface area contributed by atoms with Crippen LogP contribution in [0.1, 0.15) is 52.0 Å². The molecule has 3 unspecified atom stereocenters. The summed E-state index contributed by atoms with van der Waals surface area (Å²) in [7, 11) is 1.57. The Morgan fingerprint density at radius 3 is 2.58 bits per heavy atom. The van der Waals surface area contributed by atoms with Gasteiger partial charge >= 0.3 is 0 Å². The van der Waals surface area contributed by atoms with Gasteiger partial charge in [-0.1, -0.05) is 6.92 Å². The third-order valence-corrected chi connectivity index (χ3v) is 5.58. The van der Waals surface area contributed by atoms with Crippen molar-refractivity contribution in [2.75, 3.05) is 13.7 Å². The first-order valence-electron chi connectivity index (χ1n) is 8.51. The Labute approximate surface area is 140 Å². The second kappa shape index (κ2) is 5.48. The van der Waals surface area contributed by atoms with Crippen LogP contribution in [0.15, 0.2) is 12.1 Å². The zero-order valence-electron chi connectivity index (χ0n) is 13.8. The fourth-order valence-electron chi connectivity index (χ4n) is 4.17. The summed E-state index contributed by atoms with van der Waals surface area (Å²) in [4.78, 5) is 24.8. The van der Waals surface area contributed by atoms with E-state index in [9.17, 15) is 14.7 Å². The molecule has 1 heterocycles. The van der Waals surface area contributed by atoms with Gasteiger partial charge < -0.3 is 20.5 Å². The fraction of sp³-hybridized carbons (Fsp3) is 0.556. The molecule has 2 fully saturated rings. The number of hydrogen-bond acceptors (Lipinski definition) is 4. The van der Waals surface area contributed by atoms with Crippen LogP contribution in [0.25, 0.3) is 0 Å².